The number of oxime groups is 1. The van der Waals surface area contributed by atoms with E-state index in [0.29, 0.717) is 11.9 Å². The second-order valence-corrected chi connectivity index (χ2v) is 5.96. The molecule has 0 radical (unpaired) electrons. The van der Waals surface area contributed by atoms with E-state index < -0.39 is 0 Å². The van der Waals surface area contributed by atoms with E-state index in [1.807, 2.05) is 13.8 Å². The average Bonchev–Trinajstić information content (AvgIpc) is 2.22. The van der Waals surface area contributed by atoms with Crippen molar-refractivity contribution in [3.8, 4) is 0 Å². The predicted octanol–water partition coefficient (Wildman–Crippen LogP) is 2.56. The Morgan fingerprint density at radius 3 is 2.41 bits per heavy atom. The first-order valence-corrected chi connectivity index (χ1v) is 6.51. The van der Waals surface area contributed by atoms with E-state index in [1.165, 1.54) is 6.42 Å². The van der Waals surface area contributed by atoms with Crippen molar-refractivity contribution in [1.82, 2.24) is 5.32 Å². The van der Waals surface area contributed by atoms with E-state index in [4.69, 9.17) is 10.9 Å². The number of hydrogen-bond acceptors (Lipinski definition) is 3. The summed E-state index contributed by atoms with van der Waals surface area (Å²) in [6.45, 7) is 11.7. The van der Waals surface area contributed by atoms with Gasteiger partial charge < -0.3 is 16.3 Å². The topological polar surface area (TPSA) is 70.6 Å². The standard InChI is InChI=1S/C13H29N3O/c1-10(2)9-11(3)15-8-6-7-13(4,5)12(14)16-17/h10-11,15,17H,6-9H2,1-5H3,(H2,14,16). The summed E-state index contributed by atoms with van der Waals surface area (Å²) >= 11 is 0. The number of nitrogens with one attached hydrogen (secondary N) is 1. The largest absolute Gasteiger partial charge is 0.409 e. The van der Waals surface area contributed by atoms with Crippen LogP contribution < -0.4 is 11.1 Å². The number of rotatable bonds is 8. The molecule has 0 saturated carbocycles. The van der Waals surface area contributed by atoms with Gasteiger partial charge in [-0.25, -0.2) is 0 Å². The van der Waals surface area contributed by atoms with Gasteiger partial charge in [0.05, 0.1) is 0 Å². The van der Waals surface area contributed by atoms with Gasteiger partial charge >= 0.3 is 0 Å². The van der Waals surface area contributed by atoms with Crippen molar-refractivity contribution < 1.29 is 5.21 Å². The van der Waals surface area contributed by atoms with Gasteiger partial charge in [0.15, 0.2) is 0 Å². The van der Waals surface area contributed by atoms with Crippen molar-refractivity contribution in [2.75, 3.05) is 6.54 Å². The van der Waals surface area contributed by atoms with Crippen molar-refractivity contribution in [2.24, 2.45) is 22.2 Å². The minimum absolute atomic E-state index is 0.224. The van der Waals surface area contributed by atoms with Crippen LogP contribution in [0.5, 0.6) is 0 Å². The van der Waals surface area contributed by atoms with Crippen LogP contribution in [0.15, 0.2) is 5.16 Å². The van der Waals surface area contributed by atoms with E-state index in [1.54, 1.807) is 0 Å². The molecule has 4 N–H and O–H groups in total. The summed E-state index contributed by atoms with van der Waals surface area (Å²) < 4.78 is 0. The molecule has 4 nitrogen and oxygen atoms in total. The summed E-state index contributed by atoms with van der Waals surface area (Å²) in [5.74, 6) is 1.04. The van der Waals surface area contributed by atoms with Crippen LogP contribution >= 0.6 is 0 Å². The van der Waals surface area contributed by atoms with Crippen molar-refractivity contribution in [3.05, 3.63) is 0 Å². The SMILES string of the molecule is CC(C)CC(C)NCCCC(C)(C)C(N)=NO. The highest BCUT2D eigenvalue weighted by atomic mass is 16.4. The van der Waals surface area contributed by atoms with Crippen molar-refractivity contribution in [2.45, 2.75) is 59.9 Å². The first-order valence-electron chi connectivity index (χ1n) is 6.51. The molecule has 0 fully saturated rings. The molecule has 0 aromatic rings. The van der Waals surface area contributed by atoms with Gasteiger partial charge in [-0.3, -0.25) is 0 Å². The second kappa shape index (κ2) is 7.54. The molecule has 4 heteroatoms. The van der Waals surface area contributed by atoms with Gasteiger partial charge in [-0.15, -0.1) is 0 Å². The van der Waals surface area contributed by atoms with Gasteiger partial charge in [0.2, 0.25) is 0 Å². The van der Waals surface area contributed by atoms with Crippen LogP contribution in [0.3, 0.4) is 0 Å². The molecule has 0 aliphatic heterocycles. The lowest BCUT2D eigenvalue weighted by molar-refractivity contribution is 0.304. The van der Waals surface area contributed by atoms with Crippen molar-refractivity contribution in [3.63, 3.8) is 0 Å². The smallest absolute Gasteiger partial charge is 0.144 e. The number of hydrogen-bond donors (Lipinski definition) is 3. The van der Waals surface area contributed by atoms with Crippen LogP contribution in [0.1, 0.15) is 53.9 Å². The molecule has 0 amide bonds. The van der Waals surface area contributed by atoms with E-state index in [-0.39, 0.29) is 5.41 Å². The molecular weight excluding hydrogens is 214 g/mol. The molecule has 102 valence electrons. The molecule has 0 aromatic carbocycles. The van der Waals surface area contributed by atoms with Gasteiger partial charge in [-0.2, -0.15) is 0 Å². The molecule has 0 spiro atoms. The Bertz CT molecular complexity index is 237. The van der Waals surface area contributed by atoms with E-state index >= 15 is 0 Å². The monoisotopic (exact) mass is 243 g/mol. The Morgan fingerprint density at radius 2 is 1.94 bits per heavy atom. The maximum absolute atomic E-state index is 8.66. The normalized spacial score (nSPS) is 15.3. The Labute approximate surface area is 106 Å². The van der Waals surface area contributed by atoms with Gasteiger partial charge in [0.25, 0.3) is 0 Å². The maximum atomic E-state index is 8.66. The third kappa shape index (κ3) is 7.21. The first-order chi connectivity index (χ1) is 7.79. The molecule has 0 aromatic heterocycles. The summed E-state index contributed by atoms with van der Waals surface area (Å²) in [5, 5.41) is 15.2. The molecule has 0 aliphatic rings. The molecule has 0 saturated heterocycles. The molecule has 0 rings (SSSR count). The third-order valence-electron chi connectivity index (χ3n) is 3.10. The van der Waals surface area contributed by atoms with Crippen molar-refractivity contribution in [1.29, 1.82) is 0 Å². The zero-order valence-electron chi connectivity index (χ0n) is 12.0. The molecule has 0 bridgehead atoms. The quantitative estimate of drug-likeness (QED) is 0.202. The lowest BCUT2D eigenvalue weighted by Crippen LogP contribution is -2.34. The molecule has 0 heterocycles. The summed E-state index contributed by atoms with van der Waals surface area (Å²) in [6, 6.07) is 0.557. The number of nitrogens with two attached hydrogens (primary N) is 1. The van der Waals surface area contributed by atoms with Crippen LogP contribution in [-0.4, -0.2) is 23.6 Å². The molecule has 17 heavy (non-hydrogen) atoms. The Hall–Kier alpha value is -0.770. The maximum Gasteiger partial charge on any atom is 0.144 e. The lowest BCUT2D eigenvalue weighted by Gasteiger charge is -2.23. The fraction of sp³-hybridized carbons (Fsp3) is 0.923. The highest BCUT2D eigenvalue weighted by molar-refractivity contribution is 5.85. The zero-order valence-corrected chi connectivity index (χ0v) is 12.0. The summed E-state index contributed by atoms with van der Waals surface area (Å²) in [4.78, 5) is 0. The second-order valence-electron chi connectivity index (χ2n) is 5.96. The Morgan fingerprint density at radius 1 is 1.35 bits per heavy atom. The van der Waals surface area contributed by atoms with Crippen LogP contribution in [0.2, 0.25) is 0 Å². The molecule has 1 atom stereocenters. The lowest BCUT2D eigenvalue weighted by atomic mass is 9.86. The minimum atomic E-state index is -0.224. The van der Waals surface area contributed by atoms with Gasteiger partial charge in [-0.05, 0) is 38.6 Å². The highest BCUT2D eigenvalue weighted by Gasteiger charge is 2.22. The van der Waals surface area contributed by atoms with E-state index in [9.17, 15) is 0 Å². The van der Waals surface area contributed by atoms with Crippen LogP contribution in [0.25, 0.3) is 0 Å². The Kier molecular flexibility index (Phi) is 7.19. The number of nitrogens with zero attached hydrogens (tertiary/aromatic N) is 1. The minimum Gasteiger partial charge on any atom is -0.409 e. The zero-order chi connectivity index (χ0) is 13.5. The van der Waals surface area contributed by atoms with Crippen molar-refractivity contribution >= 4 is 5.84 Å². The van der Waals surface area contributed by atoms with Gasteiger partial charge in [0.1, 0.15) is 5.84 Å². The van der Waals surface area contributed by atoms with E-state index in [2.05, 4.69) is 31.2 Å². The fourth-order valence-electron chi connectivity index (χ4n) is 1.93. The fourth-order valence-corrected chi connectivity index (χ4v) is 1.93. The molecule has 1 unspecified atom stereocenters. The summed E-state index contributed by atoms with van der Waals surface area (Å²) in [5.41, 5.74) is 5.41. The van der Waals surface area contributed by atoms with Gasteiger partial charge in [0, 0.05) is 11.5 Å². The molecule has 0 aliphatic carbocycles. The predicted molar refractivity (Wildman–Crippen MR) is 73.3 cm³/mol. The average molecular weight is 243 g/mol. The third-order valence-corrected chi connectivity index (χ3v) is 3.10. The van der Waals surface area contributed by atoms with Crippen LogP contribution in [0.4, 0.5) is 0 Å². The summed E-state index contributed by atoms with van der Waals surface area (Å²) in [6.07, 6.45) is 3.15. The van der Waals surface area contributed by atoms with Crippen LogP contribution in [0, 0.1) is 11.3 Å². The Balaban J connectivity index is 3.78. The first kappa shape index (κ1) is 16.2. The summed E-state index contributed by atoms with van der Waals surface area (Å²) in [7, 11) is 0. The molecular formula is C13H29N3O. The van der Waals surface area contributed by atoms with Crippen LogP contribution in [-0.2, 0) is 0 Å². The van der Waals surface area contributed by atoms with E-state index in [0.717, 1.165) is 25.3 Å². The van der Waals surface area contributed by atoms with Gasteiger partial charge in [-0.1, -0.05) is 32.9 Å². The highest BCUT2D eigenvalue weighted by Crippen LogP contribution is 2.21. The number of amidine groups is 1.